The SMILES string of the molecule is CN1CCc2ccc(NS(=O)(=O)c3ccnn3CC3CCC3)cc21. The van der Waals surface area contributed by atoms with Crippen LogP contribution in [0.15, 0.2) is 35.5 Å². The Morgan fingerprint density at radius 2 is 2.12 bits per heavy atom. The molecule has 0 radical (unpaired) electrons. The Bertz CT molecular complexity index is 855. The van der Waals surface area contributed by atoms with E-state index in [0.29, 0.717) is 18.2 Å². The fourth-order valence-corrected chi connectivity index (χ4v) is 4.60. The minimum Gasteiger partial charge on any atom is -0.374 e. The van der Waals surface area contributed by atoms with Gasteiger partial charge in [0.15, 0.2) is 5.03 Å². The number of sulfonamides is 1. The molecular weight excluding hydrogens is 324 g/mol. The van der Waals surface area contributed by atoms with Gasteiger partial charge >= 0.3 is 0 Å². The van der Waals surface area contributed by atoms with Crippen molar-refractivity contribution < 1.29 is 8.42 Å². The molecule has 2 heterocycles. The molecule has 2 aliphatic rings. The molecule has 1 aliphatic heterocycles. The number of aromatic nitrogens is 2. The fraction of sp³-hybridized carbons (Fsp3) is 0.471. The summed E-state index contributed by atoms with van der Waals surface area (Å²) in [7, 11) is -1.61. The number of hydrogen-bond donors (Lipinski definition) is 1. The third-order valence-corrected chi connectivity index (χ3v) is 6.48. The van der Waals surface area contributed by atoms with Gasteiger partial charge in [-0.3, -0.25) is 9.40 Å². The maximum atomic E-state index is 12.8. The molecular formula is C17H22N4O2S. The average Bonchev–Trinajstić information content (AvgIpc) is 3.11. The van der Waals surface area contributed by atoms with E-state index in [2.05, 4.69) is 14.7 Å². The quantitative estimate of drug-likeness (QED) is 0.903. The van der Waals surface area contributed by atoms with Gasteiger partial charge in [-0.15, -0.1) is 0 Å². The van der Waals surface area contributed by atoms with Crippen LogP contribution in [0.1, 0.15) is 24.8 Å². The second-order valence-corrected chi connectivity index (χ2v) is 8.40. The van der Waals surface area contributed by atoms with Crippen molar-refractivity contribution in [3.05, 3.63) is 36.0 Å². The summed E-state index contributed by atoms with van der Waals surface area (Å²) in [6, 6.07) is 7.32. The zero-order chi connectivity index (χ0) is 16.7. The van der Waals surface area contributed by atoms with Crippen molar-refractivity contribution in [3.63, 3.8) is 0 Å². The summed E-state index contributed by atoms with van der Waals surface area (Å²) in [6.45, 7) is 1.65. The second kappa shape index (κ2) is 5.81. The molecule has 0 saturated heterocycles. The minimum absolute atomic E-state index is 0.239. The molecule has 0 amide bonds. The van der Waals surface area contributed by atoms with Crippen molar-refractivity contribution in [3.8, 4) is 0 Å². The summed E-state index contributed by atoms with van der Waals surface area (Å²) < 4.78 is 29.9. The average molecular weight is 346 g/mol. The topological polar surface area (TPSA) is 67.2 Å². The summed E-state index contributed by atoms with van der Waals surface area (Å²) in [5.74, 6) is 0.549. The number of benzene rings is 1. The molecule has 0 atom stereocenters. The first-order chi connectivity index (χ1) is 11.5. The molecule has 1 aliphatic carbocycles. The van der Waals surface area contributed by atoms with Crippen LogP contribution in [0.4, 0.5) is 11.4 Å². The van der Waals surface area contributed by atoms with Crippen molar-refractivity contribution in [1.82, 2.24) is 9.78 Å². The summed E-state index contributed by atoms with van der Waals surface area (Å²) >= 11 is 0. The van der Waals surface area contributed by atoms with E-state index in [9.17, 15) is 8.42 Å². The van der Waals surface area contributed by atoms with E-state index in [0.717, 1.165) is 31.5 Å². The Morgan fingerprint density at radius 1 is 1.29 bits per heavy atom. The largest absolute Gasteiger partial charge is 0.374 e. The first kappa shape index (κ1) is 15.5. The van der Waals surface area contributed by atoms with E-state index < -0.39 is 10.0 Å². The van der Waals surface area contributed by atoms with Crippen LogP contribution in [-0.4, -0.2) is 31.8 Å². The number of rotatable bonds is 5. The van der Waals surface area contributed by atoms with Gasteiger partial charge in [-0.25, -0.2) is 0 Å². The maximum Gasteiger partial charge on any atom is 0.279 e. The van der Waals surface area contributed by atoms with Crippen LogP contribution in [0.5, 0.6) is 0 Å². The van der Waals surface area contributed by atoms with Crippen molar-refractivity contribution in [1.29, 1.82) is 0 Å². The summed E-state index contributed by atoms with van der Waals surface area (Å²) in [5, 5.41) is 4.44. The molecule has 0 spiro atoms. The minimum atomic E-state index is -3.63. The molecule has 0 unspecified atom stereocenters. The van der Waals surface area contributed by atoms with Crippen molar-refractivity contribution in [2.45, 2.75) is 37.3 Å². The van der Waals surface area contributed by atoms with E-state index in [-0.39, 0.29) is 5.03 Å². The van der Waals surface area contributed by atoms with Gasteiger partial charge in [-0.05, 0) is 48.9 Å². The van der Waals surface area contributed by atoms with Gasteiger partial charge in [-0.1, -0.05) is 12.5 Å². The predicted molar refractivity (Wildman–Crippen MR) is 93.8 cm³/mol. The van der Waals surface area contributed by atoms with Gasteiger partial charge in [0.25, 0.3) is 10.0 Å². The first-order valence-electron chi connectivity index (χ1n) is 8.42. The molecule has 1 aromatic carbocycles. The Kier molecular flexibility index (Phi) is 3.75. The fourth-order valence-electron chi connectivity index (χ4n) is 3.42. The van der Waals surface area contributed by atoms with Crippen LogP contribution in [0.2, 0.25) is 0 Å². The van der Waals surface area contributed by atoms with Crippen molar-refractivity contribution in [2.24, 2.45) is 5.92 Å². The van der Waals surface area contributed by atoms with E-state index >= 15 is 0 Å². The molecule has 6 nitrogen and oxygen atoms in total. The van der Waals surface area contributed by atoms with E-state index in [4.69, 9.17) is 0 Å². The molecule has 1 fully saturated rings. The molecule has 0 bridgehead atoms. The Hall–Kier alpha value is -2.02. The molecule has 24 heavy (non-hydrogen) atoms. The number of anilines is 2. The lowest BCUT2D eigenvalue weighted by Gasteiger charge is -2.25. The van der Waals surface area contributed by atoms with Crippen LogP contribution < -0.4 is 9.62 Å². The van der Waals surface area contributed by atoms with Crippen molar-refractivity contribution in [2.75, 3.05) is 23.2 Å². The zero-order valence-corrected chi connectivity index (χ0v) is 14.6. The maximum absolute atomic E-state index is 12.8. The van der Waals surface area contributed by atoms with Crippen LogP contribution in [-0.2, 0) is 23.0 Å². The van der Waals surface area contributed by atoms with E-state index in [1.807, 2.05) is 25.2 Å². The third-order valence-electron chi connectivity index (χ3n) is 5.07. The predicted octanol–water partition coefficient (Wildman–Crippen LogP) is 2.48. The van der Waals surface area contributed by atoms with E-state index in [1.165, 1.54) is 12.0 Å². The van der Waals surface area contributed by atoms with E-state index in [1.54, 1.807) is 16.9 Å². The van der Waals surface area contributed by atoms with Gasteiger partial charge in [0.05, 0.1) is 11.9 Å². The summed E-state index contributed by atoms with van der Waals surface area (Å²) in [5.41, 5.74) is 2.95. The highest BCUT2D eigenvalue weighted by molar-refractivity contribution is 7.92. The van der Waals surface area contributed by atoms with Gasteiger partial charge in [0.2, 0.25) is 0 Å². The highest BCUT2D eigenvalue weighted by Gasteiger charge is 2.25. The number of nitrogens with zero attached hydrogens (tertiary/aromatic N) is 3. The molecule has 1 aromatic heterocycles. The lowest BCUT2D eigenvalue weighted by atomic mass is 9.85. The standard InChI is InChI=1S/C17H22N4O2S/c1-20-10-8-14-5-6-15(11-16(14)20)19-24(22,23)17-7-9-18-21(17)12-13-3-2-4-13/h5-7,9,11,13,19H,2-4,8,10,12H2,1H3. The number of likely N-dealkylation sites (N-methyl/N-ethyl adjacent to an activating group) is 1. The Morgan fingerprint density at radius 3 is 2.88 bits per heavy atom. The highest BCUT2D eigenvalue weighted by atomic mass is 32.2. The highest BCUT2D eigenvalue weighted by Crippen LogP contribution is 2.31. The van der Waals surface area contributed by atoms with Crippen LogP contribution in [0, 0.1) is 5.92 Å². The number of hydrogen-bond acceptors (Lipinski definition) is 4. The van der Waals surface area contributed by atoms with Crippen LogP contribution >= 0.6 is 0 Å². The molecule has 1 N–H and O–H groups in total. The smallest absolute Gasteiger partial charge is 0.279 e. The monoisotopic (exact) mass is 346 g/mol. The lowest BCUT2D eigenvalue weighted by molar-refractivity contribution is 0.258. The molecule has 4 rings (SSSR count). The lowest BCUT2D eigenvalue weighted by Crippen LogP contribution is -2.23. The van der Waals surface area contributed by atoms with Gasteiger partial charge < -0.3 is 4.90 Å². The van der Waals surface area contributed by atoms with Gasteiger partial charge in [-0.2, -0.15) is 13.5 Å². The van der Waals surface area contributed by atoms with Crippen LogP contribution in [0.3, 0.4) is 0 Å². The summed E-state index contributed by atoms with van der Waals surface area (Å²) in [6.07, 6.45) is 6.11. The summed E-state index contributed by atoms with van der Waals surface area (Å²) in [4.78, 5) is 2.15. The van der Waals surface area contributed by atoms with Crippen molar-refractivity contribution >= 4 is 21.4 Å². The molecule has 1 saturated carbocycles. The normalized spacial score (nSPS) is 17.6. The Balaban J connectivity index is 1.58. The molecule has 7 heteroatoms. The molecule has 128 valence electrons. The van der Waals surface area contributed by atoms with Crippen LogP contribution in [0.25, 0.3) is 0 Å². The Labute approximate surface area is 142 Å². The zero-order valence-electron chi connectivity index (χ0n) is 13.8. The second-order valence-electron chi connectivity index (χ2n) is 6.77. The number of nitrogens with one attached hydrogen (secondary N) is 1. The van der Waals surface area contributed by atoms with Gasteiger partial charge in [0.1, 0.15) is 0 Å². The molecule has 2 aromatic rings. The first-order valence-corrected chi connectivity index (χ1v) is 9.90. The number of fused-ring (bicyclic) bond motifs is 1. The van der Waals surface area contributed by atoms with Gasteiger partial charge in [0, 0.05) is 25.8 Å². The third kappa shape index (κ3) is 2.77.